The number of carboxylic acid groups (broad SMARTS) is 1. The summed E-state index contributed by atoms with van der Waals surface area (Å²) < 4.78 is 31.6. The van der Waals surface area contributed by atoms with E-state index in [1.54, 1.807) is 0 Å². The fourth-order valence-electron chi connectivity index (χ4n) is 2.02. The number of hydrogen-bond acceptors (Lipinski definition) is 5. The molecule has 1 heterocycles. The number of aliphatic carboxylic acids is 1. The molecule has 7 nitrogen and oxygen atoms in total. The molecule has 120 valence electrons. The lowest BCUT2D eigenvalue weighted by atomic mass is 10.2. The maximum absolute atomic E-state index is 13.4. The zero-order chi connectivity index (χ0) is 16.0. The zero-order valence-electron chi connectivity index (χ0n) is 11.3. The molecular weight excluding hydrogens is 290 g/mol. The van der Waals surface area contributed by atoms with Gasteiger partial charge in [-0.25, -0.2) is 13.6 Å². The predicted octanol–water partition coefficient (Wildman–Crippen LogP) is 0.0537. The number of halogens is 2. The summed E-state index contributed by atoms with van der Waals surface area (Å²) in [5, 5.41) is 20.0. The topological polar surface area (TPSA) is 99.1 Å². The standard InChI is InChI=1S/C12H18F2N2O5/c1-2-3-21-11(20)16-7-12(13,14)4-8(16)5-15-9(6-17)10(18)19/h2,8-9,15,17H,1,3-7H2,(H,18,19)/t8-,9-/m0/s1. The summed E-state index contributed by atoms with van der Waals surface area (Å²) in [7, 11) is 0. The number of nitrogens with zero attached hydrogens (tertiary/aromatic N) is 1. The molecule has 2 atom stereocenters. The second kappa shape index (κ2) is 7.32. The summed E-state index contributed by atoms with van der Waals surface area (Å²) in [4.78, 5) is 23.3. The first kappa shape index (κ1) is 17.3. The van der Waals surface area contributed by atoms with Crippen molar-refractivity contribution in [2.45, 2.75) is 24.4 Å². The highest BCUT2D eigenvalue weighted by molar-refractivity contribution is 5.73. The van der Waals surface area contributed by atoms with Crippen molar-refractivity contribution < 1.29 is 33.3 Å². The predicted molar refractivity (Wildman–Crippen MR) is 68.1 cm³/mol. The molecule has 1 aliphatic heterocycles. The number of hydrogen-bond donors (Lipinski definition) is 3. The van der Waals surface area contributed by atoms with Crippen LogP contribution in [0.4, 0.5) is 13.6 Å². The van der Waals surface area contributed by atoms with Gasteiger partial charge in [0.25, 0.3) is 5.92 Å². The molecule has 0 aromatic carbocycles. The molecule has 0 radical (unpaired) electrons. The molecular formula is C12H18F2N2O5. The first-order chi connectivity index (χ1) is 9.80. The van der Waals surface area contributed by atoms with Crippen LogP contribution in [0.15, 0.2) is 12.7 Å². The van der Waals surface area contributed by atoms with E-state index in [0.29, 0.717) is 0 Å². The summed E-state index contributed by atoms with van der Waals surface area (Å²) >= 11 is 0. The first-order valence-corrected chi connectivity index (χ1v) is 6.30. The van der Waals surface area contributed by atoms with E-state index < -0.39 is 49.6 Å². The minimum Gasteiger partial charge on any atom is -0.480 e. The monoisotopic (exact) mass is 308 g/mol. The van der Waals surface area contributed by atoms with E-state index in [1.165, 1.54) is 6.08 Å². The van der Waals surface area contributed by atoms with Gasteiger partial charge in [-0.2, -0.15) is 0 Å². The van der Waals surface area contributed by atoms with Crippen LogP contribution in [-0.2, 0) is 9.53 Å². The second-order valence-corrected chi connectivity index (χ2v) is 4.69. The van der Waals surface area contributed by atoms with Crippen LogP contribution in [0.25, 0.3) is 0 Å². The molecule has 0 aromatic heterocycles. The Kier molecular flexibility index (Phi) is 6.03. The summed E-state index contributed by atoms with van der Waals surface area (Å²) in [5.41, 5.74) is 0. The van der Waals surface area contributed by atoms with Gasteiger partial charge < -0.3 is 20.3 Å². The molecule has 0 unspecified atom stereocenters. The Morgan fingerprint density at radius 1 is 1.57 bits per heavy atom. The fraction of sp³-hybridized carbons (Fsp3) is 0.667. The molecule has 0 aromatic rings. The van der Waals surface area contributed by atoms with Crippen molar-refractivity contribution in [3.05, 3.63) is 12.7 Å². The molecule has 9 heteroatoms. The average molecular weight is 308 g/mol. The number of rotatable bonds is 7. The van der Waals surface area contributed by atoms with Crippen LogP contribution in [0.5, 0.6) is 0 Å². The minimum atomic E-state index is -3.06. The van der Waals surface area contributed by atoms with E-state index in [4.69, 9.17) is 14.9 Å². The maximum atomic E-state index is 13.4. The quantitative estimate of drug-likeness (QED) is 0.575. The van der Waals surface area contributed by atoms with Gasteiger partial charge in [-0.1, -0.05) is 12.7 Å². The van der Waals surface area contributed by atoms with Crippen molar-refractivity contribution in [1.82, 2.24) is 10.2 Å². The van der Waals surface area contributed by atoms with Gasteiger partial charge in [-0.3, -0.25) is 9.69 Å². The Bertz CT molecular complexity index is 405. The lowest BCUT2D eigenvalue weighted by Crippen LogP contribution is -2.48. The largest absolute Gasteiger partial charge is 0.480 e. The van der Waals surface area contributed by atoms with Crippen LogP contribution in [0.2, 0.25) is 0 Å². The first-order valence-electron chi connectivity index (χ1n) is 6.30. The smallest absolute Gasteiger partial charge is 0.410 e. The molecule has 0 aliphatic carbocycles. The highest BCUT2D eigenvalue weighted by atomic mass is 19.3. The SMILES string of the molecule is C=CCOC(=O)N1CC(F)(F)C[C@H]1CN[C@@H](CO)C(=O)O. The lowest BCUT2D eigenvalue weighted by molar-refractivity contribution is -0.140. The molecule has 1 amide bonds. The number of alkyl halides is 2. The van der Waals surface area contributed by atoms with Crippen molar-refractivity contribution in [1.29, 1.82) is 0 Å². The summed E-state index contributed by atoms with van der Waals surface area (Å²) in [6.07, 6.45) is -0.193. The lowest BCUT2D eigenvalue weighted by Gasteiger charge is -2.24. The molecule has 1 fully saturated rings. The number of carbonyl (C=O) groups excluding carboxylic acids is 1. The van der Waals surface area contributed by atoms with Crippen LogP contribution in [-0.4, -0.2) is 71.5 Å². The van der Waals surface area contributed by atoms with Crippen molar-refractivity contribution in [3.63, 3.8) is 0 Å². The van der Waals surface area contributed by atoms with Crippen molar-refractivity contribution in [2.75, 3.05) is 26.3 Å². The highest BCUT2D eigenvalue weighted by Gasteiger charge is 2.47. The van der Waals surface area contributed by atoms with E-state index in [1.807, 2.05) is 0 Å². The summed E-state index contributed by atoms with van der Waals surface area (Å²) in [6.45, 7) is 1.59. The van der Waals surface area contributed by atoms with Gasteiger partial charge in [0.1, 0.15) is 12.6 Å². The van der Waals surface area contributed by atoms with Gasteiger partial charge >= 0.3 is 12.1 Å². The Hall–Kier alpha value is -1.74. The number of carboxylic acids is 1. The van der Waals surface area contributed by atoms with Gasteiger partial charge in [0.2, 0.25) is 0 Å². The van der Waals surface area contributed by atoms with Crippen LogP contribution < -0.4 is 5.32 Å². The Morgan fingerprint density at radius 2 is 2.24 bits per heavy atom. The van der Waals surface area contributed by atoms with E-state index in [9.17, 15) is 18.4 Å². The van der Waals surface area contributed by atoms with Gasteiger partial charge in [-0.05, 0) is 0 Å². The van der Waals surface area contributed by atoms with E-state index in [2.05, 4.69) is 11.9 Å². The highest BCUT2D eigenvalue weighted by Crippen LogP contribution is 2.32. The molecule has 1 saturated heterocycles. The number of aliphatic hydroxyl groups is 1. The number of carbonyl (C=O) groups is 2. The van der Waals surface area contributed by atoms with Crippen molar-refractivity contribution in [3.8, 4) is 0 Å². The van der Waals surface area contributed by atoms with E-state index >= 15 is 0 Å². The third kappa shape index (κ3) is 4.94. The van der Waals surface area contributed by atoms with Gasteiger partial charge in [0.05, 0.1) is 19.2 Å². The van der Waals surface area contributed by atoms with E-state index in [0.717, 1.165) is 4.90 Å². The van der Waals surface area contributed by atoms with Crippen LogP contribution >= 0.6 is 0 Å². The van der Waals surface area contributed by atoms with Gasteiger partial charge in [0.15, 0.2) is 0 Å². The molecule has 3 N–H and O–H groups in total. The van der Waals surface area contributed by atoms with Crippen LogP contribution in [0.1, 0.15) is 6.42 Å². The van der Waals surface area contributed by atoms with Crippen molar-refractivity contribution >= 4 is 12.1 Å². The zero-order valence-corrected chi connectivity index (χ0v) is 11.3. The Balaban J connectivity index is 2.65. The minimum absolute atomic E-state index is 0.102. The molecule has 21 heavy (non-hydrogen) atoms. The normalized spacial score (nSPS) is 21.9. The van der Waals surface area contributed by atoms with Crippen molar-refractivity contribution in [2.24, 2.45) is 0 Å². The second-order valence-electron chi connectivity index (χ2n) is 4.69. The summed E-state index contributed by atoms with van der Waals surface area (Å²) in [6, 6.07) is -2.18. The number of aliphatic hydroxyl groups excluding tert-OH is 1. The third-order valence-electron chi connectivity index (χ3n) is 3.02. The van der Waals surface area contributed by atoms with Crippen LogP contribution in [0.3, 0.4) is 0 Å². The van der Waals surface area contributed by atoms with Gasteiger partial charge in [-0.15, -0.1) is 0 Å². The average Bonchev–Trinajstić information content (AvgIpc) is 2.71. The molecule has 0 saturated carbocycles. The maximum Gasteiger partial charge on any atom is 0.410 e. The van der Waals surface area contributed by atoms with E-state index in [-0.39, 0.29) is 13.2 Å². The number of likely N-dealkylation sites (tertiary alicyclic amines) is 1. The number of nitrogens with one attached hydrogen (secondary N) is 1. The molecule has 0 spiro atoms. The van der Waals surface area contributed by atoms with Gasteiger partial charge in [0, 0.05) is 13.0 Å². The Morgan fingerprint density at radius 3 is 2.76 bits per heavy atom. The fourth-order valence-corrected chi connectivity index (χ4v) is 2.02. The number of amides is 1. The Labute approximate surface area is 120 Å². The molecule has 1 aliphatic rings. The molecule has 1 rings (SSSR count). The third-order valence-corrected chi connectivity index (χ3v) is 3.02. The number of ether oxygens (including phenoxy) is 1. The van der Waals surface area contributed by atoms with Crippen LogP contribution in [0, 0.1) is 0 Å². The summed E-state index contributed by atoms with van der Waals surface area (Å²) in [5.74, 6) is -4.36. The molecule has 0 bridgehead atoms.